The fourth-order valence-corrected chi connectivity index (χ4v) is 1.89. The Morgan fingerprint density at radius 3 is 2.60 bits per heavy atom. The minimum absolute atomic E-state index is 0.550. The Balaban J connectivity index is 1.82. The minimum atomic E-state index is 0.550. The molecule has 1 aromatic carbocycles. The van der Waals surface area contributed by atoms with Crippen molar-refractivity contribution in [2.24, 2.45) is 0 Å². The molecular formula is C15H15BrN2O2. The molecule has 0 spiro atoms. The van der Waals surface area contributed by atoms with Crippen molar-refractivity contribution in [3.63, 3.8) is 0 Å². The van der Waals surface area contributed by atoms with Gasteiger partial charge in [-0.25, -0.2) is 4.98 Å². The van der Waals surface area contributed by atoms with Gasteiger partial charge in [0, 0.05) is 23.3 Å². The third-order valence-corrected chi connectivity index (χ3v) is 3.28. The van der Waals surface area contributed by atoms with Gasteiger partial charge in [-0.05, 0) is 52.3 Å². The number of aromatic nitrogens is 1. The summed E-state index contributed by atoms with van der Waals surface area (Å²) in [6.45, 7) is 1.28. The second-order valence-electron chi connectivity index (χ2n) is 4.29. The first-order valence-electron chi connectivity index (χ1n) is 6.20. The van der Waals surface area contributed by atoms with E-state index in [0.717, 1.165) is 28.9 Å². The van der Waals surface area contributed by atoms with Crippen LogP contribution in [0.1, 0.15) is 10.4 Å². The average molecular weight is 335 g/mol. The molecule has 2 rings (SSSR count). The van der Waals surface area contributed by atoms with Crippen LogP contribution in [0.25, 0.3) is 0 Å². The van der Waals surface area contributed by atoms with Gasteiger partial charge in [0.2, 0.25) is 0 Å². The molecule has 5 heteroatoms. The average Bonchev–Trinajstić information content (AvgIpc) is 2.48. The van der Waals surface area contributed by atoms with E-state index in [1.165, 1.54) is 0 Å². The smallest absolute Gasteiger partial charge is 0.150 e. The molecule has 0 fully saturated rings. The highest BCUT2D eigenvalue weighted by atomic mass is 79.9. The lowest BCUT2D eigenvalue weighted by Crippen LogP contribution is -2.24. The second-order valence-corrected chi connectivity index (χ2v) is 5.21. The fourth-order valence-electron chi connectivity index (χ4n) is 1.65. The molecule has 0 bridgehead atoms. The number of carbonyl (C=O) groups is 1. The van der Waals surface area contributed by atoms with Crippen molar-refractivity contribution in [3.8, 4) is 5.75 Å². The van der Waals surface area contributed by atoms with E-state index in [9.17, 15) is 4.79 Å². The van der Waals surface area contributed by atoms with E-state index in [2.05, 4.69) is 20.9 Å². The second kappa shape index (κ2) is 7.05. The third-order valence-electron chi connectivity index (χ3n) is 2.81. The molecule has 0 radical (unpaired) electrons. The Kier molecular flexibility index (Phi) is 5.12. The van der Waals surface area contributed by atoms with Crippen LogP contribution in [0, 0.1) is 0 Å². The summed E-state index contributed by atoms with van der Waals surface area (Å²) in [6, 6.07) is 11.0. The van der Waals surface area contributed by atoms with Crippen LogP contribution in [0.15, 0.2) is 47.1 Å². The molecule has 0 N–H and O–H groups in total. The highest BCUT2D eigenvalue weighted by Gasteiger charge is 2.02. The summed E-state index contributed by atoms with van der Waals surface area (Å²) in [7, 11) is 1.97. The van der Waals surface area contributed by atoms with E-state index < -0.39 is 0 Å². The van der Waals surface area contributed by atoms with Crippen molar-refractivity contribution in [3.05, 3.63) is 52.6 Å². The minimum Gasteiger partial charge on any atom is -0.492 e. The van der Waals surface area contributed by atoms with Gasteiger partial charge in [-0.15, -0.1) is 0 Å². The zero-order valence-electron chi connectivity index (χ0n) is 11.1. The number of carbonyl (C=O) groups excluding carboxylic acids is 1. The molecular weight excluding hydrogens is 320 g/mol. The number of halogens is 1. The summed E-state index contributed by atoms with van der Waals surface area (Å²) in [4.78, 5) is 16.9. The number of pyridine rings is 1. The number of nitrogens with zero attached hydrogens (tertiary/aromatic N) is 2. The van der Waals surface area contributed by atoms with Crippen LogP contribution in [-0.4, -0.2) is 31.5 Å². The summed E-state index contributed by atoms with van der Waals surface area (Å²) >= 11 is 3.36. The van der Waals surface area contributed by atoms with Gasteiger partial charge >= 0.3 is 0 Å². The molecule has 104 valence electrons. The van der Waals surface area contributed by atoms with E-state index >= 15 is 0 Å². The molecule has 0 atom stereocenters. The Bertz CT molecular complexity index is 555. The van der Waals surface area contributed by atoms with E-state index in [0.29, 0.717) is 12.2 Å². The lowest BCUT2D eigenvalue weighted by molar-refractivity contribution is 0.112. The first-order chi connectivity index (χ1) is 9.69. The number of benzene rings is 1. The number of aldehydes is 1. The van der Waals surface area contributed by atoms with E-state index in [-0.39, 0.29) is 0 Å². The monoisotopic (exact) mass is 334 g/mol. The van der Waals surface area contributed by atoms with Crippen molar-refractivity contribution >= 4 is 28.0 Å². The summed E-state index contributed by atoms with van der Waals surface area (Å²) in [6.07, 6.45) is 2.58. The van der Waals surface area contributed by atoms with Gasteiger partial charge in [-0.3, -0.25) is 4.79 Å². The van der Waals surface area contributed by atoms with Crippen LogP contribution in [-0.2, 0) is 0 Å². The summed E-state index contributed by atoms with van der Waals surface area (Å²) in [5, 5.41) is 0. The van der Waals surface area contributed by atoms with E-state index in [4.69, 9.17) is 4.74 Å². The van der Waals surface area contributed by atoms with Crippen molar-refractivity contribution in [2.75, 3.05) is 25.1 Å². The molecule has 2 aromatic rings. The van der Waals surface area contributed by atoms with Crippen LogP contribution in [0.5, 0.6) is 5.75 Å². The molecule has 1 heterocycles. The molecule has 4 nitrogen and oxygen atoms in total. The highest BCUT2D eigenvalue weighted by molar-refractivity contribution is 9.10. The Morgan fingerprint density at radius 1 is 1.25 bits per heavy atom. The fraction of sp³-hybridized carbons (Fsp3) is 0.200. The molecule has 0 amide bonds. The Hall–Kier alpha value is -1.88. The van der Waals surface area contributed by atoms with Gasteiger partial charge in [-0.2, -0.15) is 0 Å². The zero-order valence-corrected chi connectivity index (χ0v) is 12.7. The number of ether oxygens (including phenoxy) is 1. The number of rotatable bonds is 6. The third kappa shape index (κ3) is 4.06. The number of anilines is 1. The van der Waals surface area contributed by atoms with Gasteiger partial charge in [0.05, 0.1) is 6.54 Å². The molecule has 0 aliphatic heterocycles. The van der Waals surface area contributed by atoms with Crippen LogP contribution in [0.3, 0.4) is 0 Å². The van der Waals surface area contributed by atoms with Gasteiger partial charge in [-0.1, -0.05) is 0 Å². The maximum Gasteiger partial charge on any atom is 0.150 e. The lowest BCUT2D eigenvalue weighted by Gasteiger charge is -2.18. The first kappa shape index (κ1) is 14.5. The zero-order chi connectivity index (χ0) is 14.4. The van der Waals surface area contributed by atoms with E-state index in [1.807, 2.05) is 24.1 Å². The van der Waals surface area contributed by atoms with Crippen molar-refractivity contribution < 1.29 is 9.53 Å². The predicted octanol–water partition coefficient (Wildman–Crippen LogP) is 3.17. The van der Waals surface area contributed by atoms with Gasteiger partial charge in [0.15, 0.2) is 0 Å². The van der Waals surface area contributed by atoms with Crippen molar-refractivity contribution in [2.45, 2.75) is 0 Å². The van der Waals surface area contributed by atoms with Crippen molar-refractivity contribution in [1.29, 1.82) is 0 Å². The maximum absolute atomic E-state index is 10.5. The molecule has 0 unspecified atom stereocenters. The number of hydrogen-bond acceptors (Lipinski definition) is 4. The van der Waals surface area contributed by atoms with Gasteiger partial charge in [0.1, 0.15) is 24.5 Å². The largest absolute Gasteiger partial charge is 0.492 e. The standard InChI is InChI=1S/C15H15BrN2O2/c1-18(15-7-4-13(16)10-17-15)8-9-20-14-5-2-12(11-19)3-6-14/h2-7,10-11H,8-9H2,1H3. The lowest BCUT2D eigenvalue weighted by atomic mass is 10.2. The SMILES string of the molecule is CN(CCOc1ccc(C=O)cc1)c1ccc(Br)cn1. The van der Waals surface area contributed by atoms with Gasteiger partial charge in [0.25, 0.3) is 0 Å². The summed E-state index contributed by atoms with van der Waals surface area (Å²) in [5.74, 6) is 1.65. The maximum atomic E-state index is 10.5. The molecule has 20 heavy (non-hydrogen) atoms. The van der Waals surface area contributed by atoms with Gasteiger partial charge < -0.3 is 9.64 Å². The summed E-state index contributed by atoms with van der Waals surface area (Å²) in [5.41, 5.74) is 0.647. The molecule has 0 saturated heterocycles. The number of hydrogen-bond donors (Lipinski definition) is 0. The van der Waals surface area contributed by atoms with Crippen LogP contribution in [0.2, 0.25) is 0 Å². The van der Waals surface area contributed by atoms with Crippen LogP contribution < -0.4 is 9.64 Å². The molecule has 1 aromatic heterocycles. The van der Waals surface area contributed by atoms with Crippen LogP contribution >= 0.6 is 15.9 Å². The Morgan fingerprint density at radius 2 is 2.00 bits per heavy atom. The Labute approximate surface area is 126 Å². The summed E-state index contributed by atoms with van der Waals surface area (Å²) < 4.78 is 6.59. The quantitative estimate of drug-likeness (QED) is 0.761. The topological polar surface area (TPSA) is 42.4 Å². The number of likely N-dealkylation sites (N-methyl/N-ethyl adjacent to an activating group) is 1. The highest BCUT2D eigenvalue weighted by Crippen LogP contribution is 2.14. The van der Waals surface area contributed by atoms with E-state index in [1.54, 1.807) is 30.5 Å². The normalized spacial score (nSPS) is 10.1. The molecule has 0 aliphatic carbocycles. The first-order valence-corrected chi connectivity index (χ1v) is 6.99. The molecule has 0 saturated carbocycles. The molecule has 0 aliphatic rings. The van der Waals surface area contributed by atoms with Crippen LogP contribution in [0.4, 0.5) is 5.82 Å². The van der Waals surface area contributed by atoms with Crippen molar-refractivity contribution in [1.82, 2.24) is 4.98 Å². The predicted molar refractivity (Wildman–Crippen MR) is 82.5 cm³/mol.